The second-order valence-corrected chi connectivity index (χ2v) is 3.23. The molecule has 2 aromatic rings. The summed E-state index contributed by atoms with van der Waals surface area (Å²) in [5.41, 5.74) is 0.0302. The van der Waals surface area contributed by atoms with Crippen molar-refractivity contribution in [3.8, 4) is 0 Å². The molecule has 0 saturated heterocycles. The summed E-state index contributed by atoms with van der Waals surface area (Å²) in [5, 5.41) is 12.7. The van der Waals surface area contributed by atoms with Crippen LogP contribution in [0.2, 0.25) is 0 Å². The van der Waals surface area contributed by atoms with Crippen LogP contribution in [-0.4, -0.2) is 35.4 Å². The molecule has 0 amide bonds. The number of aromatic nitrogens is 5. The number of rotatable bonds is 4. The van der Waals surface area contributed by atoms with Crippen LogP contribution in [0.5, 0.6) is 0 Å². The van der Waals surface area contributed by atoms with E-state index in [-0.39, 0.29) is 5.69 Å². The van der Waals surface area contributed by atoms with Gasteiger partial charge in [-0.3, -0.25) is 0 Å². The van der Waals surface area contributed by atoms with Crippen LogP contribution >= 0.6 is 0 Å². The van der Waals surface area contributed by atoms with Crippen molar-refractivity contribution in [2.45, 2.75) is 20.0 Å². The van der Waals surface area contributed by atoms with Gasteiger partial charge in [-0.25, -0.2) is 19.4 Å². The fourth-order valence-electron chi connectivity index (χ4n) is 1.40. The van der Waals surface area contributed by atoms with E-state index in [0.717, 1.165) is 12.4 Å². The summed E-state index contributed by atoms with van der Waals surface area (Å²) in [6.07, 6.45) is 4.42. The van der Waals surface area contributed by atoms with E-state index in [9.17, 15) is 4.79 Å². The van der Waals surface area contributed by atoms with E-state index in [0.29, 0.717) is 6.54 Å². The zero-order valence-corrected chi connectivity index (χ0v) is 8.74. The standard InChI is InChI=1S/C9H11N5O2/c1-2-14-8(10-5-12-14)4-13-3-7(9(15)16)11-6-13/h3,5-6H,2,4H2,1H3,(H,15,16). The highest BCUT2D eigenvalue weighted by Gasteiger charge is 2.08. The Labute approximate surface area is 91.4 Å². The minimum atomic E-state index is -1.03. The molecular formula is C9H11N5O2. The van der Waals surface area contributed by atoms with Gasteiger partial charge in [0.15, 0.2) is 5.69 Å². The van der Waals surface area contributed by atoms with E-state index < -0.39 is 5.97 Å². The topological polar surface area (TPSA) is 85.8 Å². The Kier molecular flexibility index (Phi) is 2.67. The van der Waals surface area contributed by atoms with Crippen molar-refractivity contribution in [3.05, 3.63) is 30.4 Å². The maximum atomic E-state index is 10.6. The van der Waals surface area contributed by atoms with Crippen molar-refractivity contribution < 1.29 is 9.90 Å². The number of hydrogen-bond donors (Lipinski definition) is 1. The third-order valence-electron chi connectivity index (χ3n) is 2.17. The molecule has 16 heavy (non-hydrogen) atoms. The van der Waals surface area contributed by atoms with Gasteiger partial charge in [0.05, 0.1) is 12.9 Å². The lowest BCUT2D eigenvalue weighted by Gasteiger charge is -2.02. The number of carboxylic acid groups (broad SMARTS) is 1. The lowest BCUT2D eigenvalue weighted by molar-refractivity contribution is 0.0691. The van der Waals surface area contributed by atoms with Crippen LogP contribution in [0.25, 0.3) is 0 Å². The van der Waals surface area contributed by atoms with Gasteiger partial charge in [0, 0.05) is 12.7 Å². The third-order valence-corrected chi connectivity index (χ3v) is 2.17. The van der Waals surface area contributed by atoms with Gasteiger partial charge in [0.2, 0.25) is 0 Å². The van der Waals surface area contributed by atoms with Gasteiger partial charge in [-0.05, 0) is 6.92 Å². The van der Waals surface area contributed by atoms with Crippen molar-refractivity contribution >= 4 is 5.97 Å². The summed E-state index contributed by atoms with van der Waals surface area (Å²) in [5.74, 6) is -0.257. The number of imidazole rings is 1. The van der Waals surface area contributed by atoms with Gasteiger partial charge in [0.1, 0.15) is 12.2 Å². The Bertz CT molecular complexity index is 501. The van der Waals surface area contributed by atoms with Crippen LogP contribution in [0.3, 0.4) is 0 Å². The molecule has 0 aliphatic heterocycles. The summed E-state index contributed by atoms with van der Waals surface area (Å²) >= 11 is 0. The first-order chi connectivity index (χ1) is 7.70. The molecule has 0 atom stereocenters. The third kappa shape index (κ3) is 1.92. The molecule has 0 saturated carbocycles. The lowest BCUT2D eigenvalue weighted by atomic mass is 10.5. The summed E-state index contributed by atoms with van der Waals surface area (Å²) in [7, 11) is 0. The molecule has 0 spiro atoms. The second kappa shape index (κ2) is 4.13. The van der Waals surface area contributed by atoms with E-state index in [2.05, 4.69) is 15.1 Å². The van der Waals surface area contributed by atoms with Crippen LogP contribution in [-0.2, 0) is 13.1 Å². The van der Waals surface area contributed by atoms with Gasteiger partial charge in [0.25, 0.3) is 0 Å². The molecule has 2 rings (SSSR count). The van der Waals surface area contributed by atoms with E-state index in [1.165, 1.54) is 18.9 Å². The number of aryl methyl sites for hydroxylation is 1. The first-order valence-electron chi connectivity index (χ1n) is 4.82. The lowest BCUT2D eigenvalue weighted by Crippen LogP contribution is -2.08. The van der Waals surface area contributed by atoms with Crippen LogP contribution in [0, 0.1) is 0 Å². The molecule has 1 N–H and O–H groups in total. The summed E-state index contributed by atoms with van der Waals surface area (Å²) in [4.78, 5) is 18.5. The fourth-order valence-corrected chi connectivity index (χ4v) is 1.40. The molecule has 7 heteroatoms. The minimum absolute atomic E-state index is 0.0302. The second-order valence-electron chi connectivity index (χ2n) is 3.23. The van der Waals surface area contributed by atoms with Crippen LogP contribution in [0.4, 0.5) is 0 Å². The molecule has 0 bridgehead atoms. The Morgan fingerprint density at radius 3 is 2.94 bits per heavy atom. The Balaban J connectivity index is 2.17. The van der Waals surface area contributed by atoms with Gasteiger partial charge >= 0.3 is 5.97 Å². The SMILES string of the molecule is CCn1ncnc1Cn1cnc(C(=O)O)c1. The zero-order chi connectivity index (χ0) is 11.5. The molecule has 0 fully saturated rings. The monoisotopic (exact) mass is 221 g/mol. The smallest absolute Gasteiger partial charge is 0.356 e. The first-order valence-corrected chi connectivity index (χ1v) is 4.82. The molecule has 2 aromatic heterocycles. The van der Waals surface area contributed by atoms with Crippen molar-refractivity contribution in [3.63, 3.8) is 0 Å². The number of nitrogens with zero attached hydrogens (tertiary/aromatic N) is 5. The fraction of sp³-hybridized carbons (Fsp3) is 0.333. The highest BCUT2D eigenvalue weighted by Crippen LogP contribution is 2.01. The van der Waals surface area contributed by atoms with Crippen molar-refractivity contribution in [2.24, 2.45) is 0 Å². The average molecular weight is 221 g/mol. The van der Waals surface area contributed by atoms with E-state index in [1.54, 1.807) is 9.25 Å². The molecular weight excluding hydrogens is 210 g/mol. The molecule has 84 valence electrons. The van der Waals surface area contributed by atoms with E-state index in [1.807, 2.05) is 6.92 Å². The maximum Gasteiger partial charge on any atom is 0.356 e. The van der Waals surface area contributed by atoms with E-state index in [4.69, 9.17) is 5.11 Å². The Hall–Kier alpha value is -2.18. The quantitative estimate of drug-likeness (QED) is 0.799. The average Bonchev–Trinajstić information content (AvgIpc) is 2.87. The van der Waals surface area contributed by atoms with Gasteiger partial charge in [-0.15, -0.1) is 0 Å². The molecule has 0 radical (unpaired) electrons. The molecule has 0 aliphatic carbocycles. The molecule has 0 unspecified atom stereocenters. The molecule has 7 nitrogen and oxygen atoms in total. The van der Waals surface area contributed by atoms with Gasteiger partial charge in [-0.1, -0.05) is 0 Å². The minimum Gasteiger partial charge on any atom is -0.476 e. The highest BCUT2D eigenvalue weighted by atomic mass is 16.4. The number of aromatic carboxylic acids is 1. The Morgan fingerprint density at radius 2 is 2.31 bits per heavy atom. The largest absolute Gasteiger partial charge is 0.476 e. The molecule has 0 aromatic carbocycles. The number of carboxylic acids is 1. The predicted octanol–water partition coefficient (Wildman–Crippen LogP) is 0.241. The van der Waals surface area contributed by atoms with Gasteiger partial charge in [-0.2, -0.15) is 5.10 Å². The van der Waals surface area contributed by atoms with Crippen molar-refractivity contribution in [2.75, 3.05) is 0 Å². The normalized spacial score (nSPS) is 10.6. The van der Waals surface area contributed by atoms with Crippen molar-refractivity contribution in [1.29, 1.82) is 0 Å². The number of carbonyl (C=O) groups is 1. The highest BCUT2D eigenvalue weighted by molar-refractivity contribution is 5.84. The maximum absolute atomic E-state index is 10.6. The summed E-state index contributed by atoms with van der Waals surface area (Å²) < 4.78 is 3.42. The zero-order valence-electron chi connectivity index (χ0n) is 8.74. The first kappa shape index (κ1) is 10.3. The van der Waals surface area contributed by atoms with Crippen molar-refractivity contribution in [1.82, 2.24) is 24.3 Å². The van der Waals surface area contributed by atoms with E-state index >= 15 is 0 Å². The van der Waals surface area contributed by atoms with Crippen LogP contribution < -0.4 is 0 Å². The molecule has 0 aliphatic rings. The van der Waals surface area contributed by atoms with Gasteiger partial charge < -0.3 is 9.67 Å². The summed E-state index contributed by atoms with van der Waals surface area (Å²) in [6.45, 7) is 3.17. The number of hydrogen-bond acceptors (Lipinski definition) is 4. The van der Waals surface area contributed by atoms with Crippen LogP contribution in [0.15, 0.2) is 18.9 Å². The summed E-state index contributed by atoms with van der Waals surface area (Å²) in [6, 6.07) is 0. The van der Waals surface area contributed by atoms with Crippen LogP contribution in [0.1, 0.15) is 23.2 Å². The Morgan fingerprint density at radius 1 is 1.50 bits per heavy atom. The molecule has 2 heterocycles. The predicted molar refractivity (Wildman–Crippen MR) is 54.0 cm³/mol.